The predicted octanol–water partition coefficient (Wildman–Crippen LogP) is 2.51. The number of nitrogens with one attached hydrogen (secondary N) is 1. The van der Waals surface area contributed by atoms with E-state index in [1.807, 2.05) is 25.4 Å². The summed E-state index contributed by atoms with van der Waals surface area (Å²) in [6, 6.07) is 5.52. The van der Waals surface area contributed by atoms with Gasteiger partial charge in [0.05, 0.1) is 11.6 Å². The number of hydrogen-bond donors (Lipinski definition) is 2. The monoisotopic (exact) mass is 311 g/mol. The average molecular weight is 312 g/mol. The molecule has 1 aromatic carbocycles. The summed E-state index contributed by atoms with van der Waals surface area (Å²) in [5.41, 5.74) is 0.988. The van der Waals surface area contributed by atoms with Crippen LogP contribution in [0, 0.1) is 0 Å². The normalized spacial score (nSPS) is 10.4. The Morgan fingerprint density at radius 2 is 2.28 bits per heavy atom. The molecule has 6 heteroatoms. The Morgan fingerprint density at radius 3 is 2.89 bits per heavy atom. The van der Waals surface area contributed by atoms with E-state index in [4.69, 9.17) is 4.74 Å². The molecule has 18 heavy (non-hydrogen) atoms. The quantitative estimate of drug-likeness (QED) is 0.911. The first-order valence-corrected chi connectivity index (χ1v) is 6.18. The average Bonchev–Trinajstić information content (AvgIpc) is 2.76. The fraction of sp³-hybridized carbons (Fsp3) is 0.250. The Labute approximate surface area is 114 Å². The summed E-state index contributed by atoms with van der Waals surface area (Å²) in [5, 5.41) is 17.1. The van der Waals surface area contributed by atoms with Gasteiger partial charge in [0.15, 0.2) is 11.5 Å². The van der Waals surface area contributed by atoms with Gasteiger partial charge in [0, 0.05) is 25.9 Å². The van der Waals surface area contributed by atoms with Crippen LogP contribution < -0.4 is 10.1 Å². The summed E-state index contributed by atoms with van der Waals surface area (Å²) in [7, 11) is 3.39. The van der Waals surface area contributed by atoms with Crippen LogP contribution in [0.3, 0.4) is 0 Å². The highest BCUT2D eigenvalue weighted by Gasteiger charge is 2.08. The van der Waals surface area contributed by atoms with Crippen LogP contribution in [0.4, 0.5) is 5.82 Å². The Kier molecular flexibility index (Phi) is 3.76. The number of aromatic hydroxyl groups is 1. The number of benzene rings is 1. The zero-order valence-electron chi connectivity index (χ0n) is 10.1. The Bertz CT molecular complexity index is 554. The lowest BCUT2D eigenvalue weighted by Crippen LogP contribution is -2.01. The number of ether oxygens (including phenoxy) is 1. The Hall–Kier alpha value is -1.69. The molecule has 2 N–H and O–H groups in total. The van der Waals surface area contributed by atoms with Crippen LogP contribution in [-0.2, 0) is 13.6 Å². The molecule has 0 aliphatic heterocycles. The van der Waals surface area contributed by atoms with Crippen molar-refractivity contribution in [3.05, 3.63) is 34.4 Å². The van der Waals surface area contributed by atoms with Crippen LogP contribution in [0.5, 0.6) is 11.5 Å². The van der Waals surface area contributed by atoms with Gasteiger partial charge in [-0.3, -0.25) is 4.68 Å². The van der Waals surface area contributed by atoms with Crippen LogP contribution in [0.15, 0.2) is 28.9 Å². The summed E-state index contributed by atoms with van der Waals surface area (Å²) in [6.45, 7) is 0.603. The molecule has 0 saturated heterocycles. The highest BCUT2D eigenvalue weighted by atomic mass is 79.9. The van der Waals surface area contributed by atoms with E-state index in [0.29, 0.717) is 16.8 Å². The molecule has 0 aliphatic rings. The van der Waals surface area contributed by atoms with E-state index in [0.717, 1.165) is 11.4 Å². The van der Waals surface area contributed by atoms with Gasteiger partial charge in [-0.05, 0) is 33.6 Å². The van der Waals surface area contributed by atoms with Crippen molar-refractivity contribution < 1.29 is 9.84 Å². The predicted molar refractivity (Wildman–Crippen MR) is 72.9 cm³/mol. The molecule has 2 rings (SSSR count). The van der Waals surface area contributed by atoms with Crippen LogP contribution in [0.25, 0.3) is 0 Å². The molecule has 0 amide bonds. The maximum atomic E-state index is 9.70. The standard InChI is InChI=1S/C12H14BrN3O2/c1-16-4-3-11(15-16)14-7-8-5-9(13)12(17)10(6-8)18-2/h3-6,17H,7H2,1-2H3,(H,14,15). The number of halogens is 1. The number of aromatic nitrogens is 2. The SMILES string of the molecule is COc1cc(CNc2ccn(C)n2)cc(Br)c1O. The molecule has 0 bridgehead atoms. The lowest BCUT2D eigenvalue weighted by Gasteiger charge is -2.09. The molecule has 0 fully saturated rings. The largest absolute Gasteiger partial charge is 0.503 e. The fourth-order valence-electron chi connectivity index (χ4n) is 1.59. The number of aryl methyl sites for hydroxylation is 1. The zero-order chi connectivity index (χ0) is 13.1. The number of anilines is 1. The van der Waals surface area contributed by atoms with Gasteiger partial charge < -0.3 is 15.2 Å². The highest BCUT2D eigenvalue weighted by molar-refractivity contribution is 9.10. The number of methoxy groups -OCH3 is 1. The number of hydrogen-bond acceptors (Lipinski definition) is 4. The van der Waals surface area contributed by atoms with Gasteiger partial charge in [-0.2, -0.15) is 5.10 Å². The molecular formula is C12H14BrN3O2. The number of nitrogens with zero attached hydrogens (tertiary/aromatic N) is 2. The first-order valence-electron chi connectivity index (χ1n) is 5.39. The molecule has 0 unspecified atom stereocenters. The number of phenolic OH excluding ortho intramolecular Hbond substituents is 1. The topological polar surface area (TPSA) is 59.3 Å². The molecule has 1 aromatic heterocycles. The molecule has 2 aromatic rings. The second-order valence-electron chi connectivity index (χ2n) is 3.86. The van der Waals surface area contributed by atoms with Gasteiger partial charge in [-0.25, -0.2) is 0 Å². The van der Waals surface area contributed by atoms with Crippen molar-refractivity contribution in [3.63, 3.8) is 0 Å². The van der Waals surface area contributed by atoms with Crippen molar-refractivity contribution in [2.24, 2.45) is 7.05 Å². The van der Waals surface area contributed by atoms with Crippen molar-refractivity contribution in [3.8, 4) is 11.5 Å². The minimum absolute atomic E-state index is 0.110. The van der Waals surface area contributed by atoms with Gasteiger partial charge in [-0.1, -0.05) is 0 Å². The number of rotatable bonds is 4. The summed E-state index contributed by atoms with van der Waals surface area (Å²) in [5.74, 6) is 1.36. The third kappa shape index (κ3) is 2.76. The molecular weight excluding hydrogens is 298 g/mol. The van der Waals surface area contributed by atoms with E-state index in [2.05, 4.69) is 26.3 Å². The lowest BCUT2D eigenvalue weighted by atomic mass is 10.2. The smallest absolute Gasteiger partial charge is 0.172 e. The Morgan fingerprint density at radius 1 is 1.50 bits per heavy atom. The first kappa shape index (κ1) is 12.8. The summed E-state index contributed by atoms with van der Waals surface area (Å²) < 4.78 is 7.44. The summed E-state index contributed by atoms with van der Waals surface area (Å²) >= 11 is 3.29. The van der Waals surface area contributed by atoms with Crippen molar-refractivity contribution in [1.29, 1.82) is 0 Å². The minimum atomic E-state index is 0.110. The van der Waals surface area contributed by atoms with Crippen molar-refractivity contribution in [2.75, 3.05) is 12.4 Å². The van der Waals surface area contributed by atoms with E-state index < -0.39 is 0 Å². The molecule has 0 spiro atoms. The van der Waals surface area contributed by atoms with E-state index in [-0.39, 0.29) is 5.75 Å². The molecule has 5 nitrogen and oxygen atoms in total. The molecule has 0 saturated carbocycles. The van der Waals surface area contributed by atoms with Crippen molar-refractivity contribution >= 4 is 21.7 Å². The van der Waals surface area contributed by atoms with E-state index in [1.54, 1.807) is 10.7 Å². The minimum Gasteiger partial charge on any atom is -0.503 e. The maximum Gasteiger partial charge on any atom is 0.172 e. The van der Waals surface area contributed by atoms with Gasteiger partial charge in [0.2, 0.25) is 0 Å². The Balaban J connectivity index is 2.12. The van der Waals surface area contributed by atoms with E-state index in [9.17, 15) is 5.11 Å². The van der Waals surface area contributed by atoms with Gasteiger partial charge in [-0.15, -0.1) is 0 Å². The summed E-state index contributed by atoms with van der Waals surface area (Å²) in [4.78, 5) is 0. The van der Waals surface area contributed by atoms with Gasteiger partial charge in [0.1, 0.15) is 5.82 Å². The fourth-order valence-corrected chi connectivity index (χ4v) is 2.08. The van der Waals surface area contributed by atoms with Gasteiger partial charge >= 0.3 is 0 Å². The molecule has 0 aliphatic carbocycles. The van der Waals surface area contributed by atoms with Gasteiger partial charge in [0.25, 0.3) is 0 Å². The third-order valence-corrected chi connectivity index (χ3v) is 3.10. The van der Waals surface area contributed by atoms with Crippen LogP contribution in [0.1, 0.15) is 5.56 Å². The van der Waals surface area contributed by atoms with Crippen molar-refractivity contribution in [1.82, 2.24) is 9.78 Å². The first-order chi connectivity index (χ1) is 8.60. The second-order valence-corrected chi connectivity index (χ2v) is 4.71. The zero-order valence-corrected chi connectivity index (χ0v) is 11.7. The molecule has 96 valence electrons. The molecule has 0 atom stereocenters. The molecule has 1 heterocycles. The van der Waals surface area contributed by atoms with E-state index >= 15 is 0 Å². The van der Waals surface area contributed by atoms with Crippen LogP contribution in [-0.4, -0.2) is 22.0 Å². The summed E-state index contributed by atoms with van der Waals surface area (Å²) in [6.07, 6.45) is 1.87. The van der Waals surface area contributed by atoms with Crippen LogP contribution >= 0.6 is 15.9 Å². The third-order valence-electron chi connectivity index (χ3n) is 2.50. The number of phenols is 1. The molecule has 0 radical (unpaired) electrons. The van der Waals surface area contributed by atoms with E-state index in [1.165, 1.54) is 7.11 Å². The van der Waals surface area contributed by atoms with Crippen molar-refractivity contribution in [2.45, 2.75) is 6.54 Å². The van der Waals surface area contributed by atoms with Crippen LogP contribution in [0.2, 0.25) is 0 Å². The second kappa shape index (κ2) is 5.30. The lowest BCUT2D eigenvalue weighted by molar-refractivity contribution is 0.371. The maximum absolute atomic E-state index is 9.70. The highest BCUT2D eigenvalue weighted by Crippen LogP contribution is 2.35.